The number of ether oxygens (including phenoxy) is 1. The van der Waals surface area contributed by atoms with E-state index in [1.165, 1.54) is 25.7 Å². The molecule has 0 aromatic rings. The molecular weight excluding hydrogens is 186 g/mol. The van der Waals surface area contributed by atoms with Gasteiger partial charge in [0.15, 0.2) is 0 Å². The molecule has 2 nitrogen and oxygen atoms in total. The molecule has 0 atom stereocenters. The van der Waals surface area contributed by atoms with Gasteiger partial charge in [-0.25, -0.2) is 0 Å². The van der Waals surface area contributed by atoms with Crippen molar-refractivity contribution in [2.45, 2.75) is 59.0 Å². The molecule has 0 unspecified atom stereocenters. The average Bonchev–Trinajstić information content (AvgIpc) is 2.21. The number of hydrogen-bond donors (Lipinski definition) is 1. The molecule has 0 aliphatic carbocycles. The van der Waals surface area contributed by atoms with Crippen LogP contribution >= 0.6 is 0 Å². The van der Waals surface area contributed by atoms with Crippen molar-refractivity contribution >= 4 is 0 Å². The number of unbranched alkanes of at least 4 members (excludes halogenated alkanes) is 3. The second kappa shape index (κ2) is 10.0. The van der Waals surface area contributed by atoms with Crippen molar-refractivity contribution in [1.29, 1.82) is 0 Å². The van der Waals surface area contributed by atoms with Crippen molar-refractivity contribution in [3.05, 3.63) is 12.3 Å². The van der Waals surface area contributed by atoms with Crippen molar-refractivity contribution < 1.29 is 6.16 Å². The standard InChI is InChI=1S/C13H27NO.H2/c1-5-13(4)14-10-8-6-7-9-11-15-12(2)3;/h12,14H,4-11H2,1-3H3;1H. The van der Waals surface area contributed by atoms with Gasteiger partial charge in [0.05, 0.1) is 6.10 Å². The molecule has 0 fully saturated rings. The van der Waals surface area contributed by atoms with Crippen molar-refractivity contribution in [2.24, 2.45) is 0 Å². The number of allylic oxidation sites excluding steroid dienone is 1. The van der Waals surface area contributed by atoms with Gasteiger partial charge in [0.1, 0.15) is 0 Å². The third kappa shape index (κ3) is 11.4. The molecule has 0 amide bonds. The van der Waals surface area contributed by atoms with Crippen molar-refractivity contribution in [3.8, 4) is 0 Å². The van der Waals surface area contributed by atoms with E-state index < -0.39 is 0 Å². The lowest BCUT2D eigenvalue weighted by molar-refractivity contribution is 0.0757. The maximum absolute atomic E-state index is 5.47. The van der Waals surface area contributed by atoms with Crippen LogP contribution in [0, 0.1) is 0 Å². The van der Waals surface area contributed by atoms with Gasteiger partial charge in [-0.3, -0.25) is 0 Å². The molecular formula is C13H29NO. The van der Waals surface area contributed by atoms with Crippen LogP contribution in [0.4, 0.5) is 0 Å². The second-order valence-corrected chi connectivity index (χ2v) is 4.22. The Labute approximate surface area is 96.6 Å². The lowest BCUT2D eigenvalue weighted by Crippen LogP contribution is -2.13. The summed E-state index contributed by atoms with van der Waals surface area (Å²) in [7, 11) is 0. The molecule has 0 saturated carbocycles. The predicted octanol–water partition coefficient (Wildman–Crippen LogP) is 3.73. The van der Waals surface area contributed by atoms with Crippen molar-refractivity contribution in [2.75, 3.05) is 13.2 Å². The summed E-state index contributed by atoms with van der Waals surface area (Å²) in [6.07, 6.45) is 6.38. The third-order valence-corrected chi connectivity index (χ3v) is 2.32. The van der Waals surface area contributed by atoms with Gasteiger partial charge in [0.2, 0.25) is 0 Å². The fraction of sp³-hybridized carbons (Fsp3) is 0.846. The average molecular weight is 215 g/mol. The van der Waals surface area contributed by atoms with Gasteiger partial charge in [-0.1, -0.05) is 26.3 Å². The van der Waals surface area contributed by atoms with Crippen LogP contribution in [0.15, 0.2) is 12.3 Å². The van der Waals surface area contributed by atoms with Gasteiger partial charge in [-0.05, 0) is 33.1 Å². The summed E-state index contributed by atoms with van der Waals surface area (Å²) in [6.45, 7) is 12.2. The smallest absolute Gasteiger partial charge is 0.0518 e. The first-order valence-corrected chi connectivity index (χ1v) is 6.20. The minimum atomic E-state index is 0. The summed E-state index contributed by atoms with van der Waals surface area (Å²) in [5.74, 6) is 0. The molecule has 92 valence electrons. The quantitative estimate of drug-likeness (QED) is 0.561. The normalized spacial score (nSPS) is 10.7. The lowest BCUT2D eigenvalue weighted by Gasteiger charge is -2.08. The van der Waals surface area contributed by atoms with Crippen molar-refractivity contribution in [3.63, 3.8) is 0 Å². The SMILES string of the molecule is C=C(CC)NCCCCCCOC(C)C.[HH]. The number of hydrogen-bond acceptors (Lipinski definition) is 2. The maximum atomic E-state index is 5.47. The Morgan fingerprint density at radius 1 is 1.27 bits per heavy atom. The summed E-state index contributed by atoms with van der Waals surface area (Å²) in [5, 5.41) is 3.32. The Hall–Kier alpha value is -0.500. The zero-order valence-electron chi connectivity index (χ0n) is 10.6. The van der Waals surface area contributed by atoms with E-state index in [9.17, 15) is 0 Å². The van der Waals surface area contributed by atoms with E-state index in [-0.39, 0.29) is 1.43 Å². The molecule has 0 saturated heterocycles. The summed E-state index contributed by atoms with van der Waals surface area (Å²) in [4.78, 5) is 0. The van der Waals surface area contributed by atoms with Crippen LogP contribution in [-0.2, 0) is 4.74 Å². The zero-order valence-corrected chi connectivity index (χ0v) is 10.6. The van der Waals surface area contributed by atoms with Crippen LogP contribution in [0.2, 0.25) is 0 Å². The van der Waals surface area contributed by atoms with Crippen LogP contribution in [0.5, 0.6) is 0 Å². The van der Waals surface area contributed by atoms with E-state index in [0.717, 1.165) is 25.3 Å². The Bertz CT molecular complexity index is 160. The molecule has 15 heavy (non-hydrogen) atoms. The first-order valence-electron chi connectivity index (χ1n) is 6.20. The van der Waals surface area contributed by atoms with E-state index >= 15 is 0 Å². The first kappa shape index (κ1) is 14.5. The Morgan fingerprint density at radius 3 is 2.53 bits per heavy atom. The maximum Gasteiger partial charge on any atom is 0.0518 e. The monoisotopic (exact) mass is 215 g/mol. The predicted molar refractivity (Wildman–Crippen MR) is 69.1 cm³/mol. The van der Waals surface area contributed by atoms with Gasteiger partial charge >= 0.3 is 0 Å². The number of rotatable bonds is 10. The largest absolute Gasteiger partial charge is 0.389 e. The lowest BCUT2D eigenvalue weighted by atomic mass is 10.2. The van der Waals surface area contributed by atoms with Gasteiger partial charge in [0.25, 0.3) is 0 Å². The van der Waals surface area contributed by atoms with Gasteiger partial charge in [-0.15, -0.1) is 0 Å². The van der Waals surface area contributed by atoms with E-state index in [0.29, 0.717) is 6.10 Å². The summed E-state index contributed by atoms with van der Waals surface area (Å²) < 4.78 is 5.47. The fourth-order valence-corrected chi connectivity index (χ4v) is 1.29. The van der Waals surface area contributed by atoms with E-state index in [1.807, 2.05) is 0 Å². The Balaban J connectivity index is 0. The molecule has 0 aromatic carbocycles. The highest BCUT2D eigenvalue weighted by Crippen LogP contribution is 2.01. The van der Waals surface area contributed by atoms with Crippen LogP contribution in [0.3, 0.4) is 0 Å². The minimum Gasteiger partial charge on any atom is -0.389 e. The summed E-state index contributed by atoms with van der Waals surface area (Å²) in [5.41, 5.74) is 1.15. The molecule has 0 rings (SSSR count). The molecule has 0 radical (unpaired) electrons. The van der Waals surface area contributed by atoms with Gasteiger partial charge < -0.3 is 10.1 Å². The fourth-order valence-electron chi connectivity index (χ4n) is 1.29. The van der Waals surface area contributed by atoms with Gasteiger partial charge in [0, 0.05) is 20.3 Å². The van der Waals surface area contributed by atoms with E-state index in [1.54, 1.807) is 0 Å². The van der Waals surface area contributed by atoms with Crippen LogP contribution in [-0.4, -0.2) is 19.3 Å². The molecule has 0 aliphatic rings. The molecule has 2 heteroatoms. The van der Waals surface area contributed by atoms with Crippen LogP contribution in [0.25, 0.3) is 0 Å². The molecule has 0 bridgehead atoms. The highest BCUT2D eigenvalue weighted by atomic mass is 16.5. The highest BCUT2D eigenvalue weighted by Gasteiger charge is 1.94. The molecule has 0 aliphatic heterocycles. The van der Waals surface area contributed by atoms with Crippen molar-refractivity contribution in [1.82, 2.24) is 5.32 Å². The summed E-state index contributed by atoms with van der Waals surface area (Å²) >= 11 is 0. The first-order chi connectivity index (χ1) is 7.16. The van der Waals surface area contributed by atoms with Crippen LogP contribution in [0.1, 0.15) is 54.3 Å². The van der Waals surface area contributed by atoms with E-state index in [4.69, 9.17) is 4.74 Å². The van der Waals surface area contributed by atoms with Gasteiger partial charge in [-0.2, -0.15) is 0 Å². The Morgan fingerprint density at radius 2 is 1.93 bits per heavy atom. The van der Waals surface area contributed by atoms with E-state index in [2.05, 4.69) is 32.7 Å². The minimum absolute atomic E-state index is 0. The highest BCUT2D eigenvalue weighted by molar-refractivity contribution is 4.88. The second-order valence-electron chi connectivity index (χ2n) is 4.22. The molecule has 1 N–H and O–H groups in total. The Kier molecular flexibility index (Phi) is 9.70. The molecule has 0 aromatic heterocycles. The third-order valence-electron chi connectivity index (χ3n) is 2.32. The molecule has 0 spiro atoms. The summed E-state index contributed by atoms with van der Waals surface area (Å²) in [6, 6.07) is 0. The van der Waals surface area contributed by atoms with Crippen LogP contribution < -0.4 is 5.32 Å². The topological polar surface area (TPSA) is 21.3 Å². The number of nitrogens with one attached hydrogen (secondary N) is 1. The molecule has 0 heterocycles. The zero-order chi connectivity index (χ0) is 11.5.